The topological polar surface area (TPSA) is 190 Å². The van der Waals surface area contributed by atoms with Crippen LogP contribution in [0.3, 0.4) is 0 Å². The molecule has 0 radical (unpaired) electrons. The molecule has 3 aromatic rings. The first-order valence-corrected chi connectivity index (χ1v) is 8.99. The summed E-state index contributed by atoms with van der Waals surface area (Å²) in [5.41, 5.74) is -2.65. The standard InChI is InChI=1S/C20H18O11/c21-6-20(28)7-29-19(18(20)27)31-14-5-13-15(17(26)16(14)25)11(24)4-12(30-13)8-1-2-9(22)10(23)3-8/h1-5,18-19,21-23,25-28H,6-7H2. The van der Waals surface area contributed by atoms with Crippen molar-refractivity contribution in [1.29, 1.82) is 0 Å². The maximum Gasteiger partial charge on any atom is 0.229 e. The van der Waals surface area contributed by atoms with Crippen molar-refractivity contribution in [2.45, 2.75) is 18.0 Å². The number of aromatic hydroxyl groups is 4. The number of hydrogen-bond donors (Lipinski definition) is 7. The quantitative estimate of drug-likeness (QED) is 0.276. The third kappa shape index (κ3) is 3.39. The van der Waals surface area contributed by atoms with Crippen molar-refractivity contribution in [2.75, 3.05) is 13.2 Å². The van der Waals surface area contributed by atoms with Crippen LogP contribution in [0.1, 0.15) is 0 Å². The Labute approximate surface area is 173 Å². The number of benzene rings is 2. The van der Waals surface area contributed by atoms with Crippen LogP contribution in [0.2, 0.25) is 0 Å². The molecule has 0 spiro atoms. The molecular weight excluding hydrogens is 416 g/mol. The van der Waals surface area contributed by atoms with Crippen LogP contribution in [0.4, 0.5) is 0 Å². The van der Waals surface area contributed by atoms with E-state index in [1.807, 2.05) is 0 Å². The Morgan fingerprint density at radius 2 is 1.81 bits per heavy atom. The van der Waals surface area contributed by atoms with Crippen LogP contribution in [0.15, 0.2) is 39.5 Å². The predicted molar refractivity (Wildman–Crippen MR) is 103 cm³/mol. The Morgan fingerprint density at radius 1 is 1.06 bits per heavy atom. The fraction of sp³-hybridized carbons (Fsp3) is 0.250. The van der Waals surface area contributed by atoms with E-state index >= 15 is 0 Å². The molecule has 11 nitrogen and oxygen atoms in total. The summed E-state index contributed by atoms with van der Waals surface area (Å²) in [5, 5.41) is 68.7. The smallest absolute Gasteiger partial charge is 0.229 e. The summed E-state index contributed by atoms with van der Waals surface area (Å²) < 4.78 is 16.1. The van der Waals surface area contributed by atoms with E-state index in [9.17, 15) is 40.5 Å². The maximum atomic E-state index is 12.5. The molecule has 11 heteroatoms. The van der Waals surface area contributed by atoms with Gasteiger partial charge in [0.2, 0.25) is 12.0 Å². The van der Waals surface area contributed by atoms with Crippen molar-refractivity contribution in [3.63, 3.8) is 0 Å². The molecule has 4 rings (SSSR count). The van der Waals surface area contributed by atoms with Crippen LogP contribution >= 0.6 is 0 Å². The fourth-order valence-electron chi connectivity index (χ4n) is 3.20. The lowest BCUT2D eigenvalue weighted by Gasteiger charge is -2.24. The summed E-state index contributed by atoms with van der Waals surface area (Å²) in [6.07, 6.45) is -3.17. The minimum atomic E-state index is -1.97. The average Bonchev–Trinajstić information content (AvgIpc) is 3.02. The Balaban J connectivity index is 1.79. The summed E-state index contributed by atoms with van der Waals surface area (Å²) in [6, 6.07) is 5.84. The zero-order valence-electron chi connectivity index (χ0n) is 15.7. The van der Waals surface area contributed by atoms with Crippen LogP contribution in [-0.4, -0.2) is 67.0 Å². The Morgan fingerprint density at radius 3 is 2.45 bits per heavy atom. The highest BCUT2D eigenvalue weighted by Crippen LogP contribution is 2.43. The van der Waals surface area contributed by atoms with Gasteiger partial charge in [-0.25, -0.2) is 0 Å². The van der Waals surface area contributed by atoms with E-state index in [1.54, 1.807) is 0 Å². The molecule has 0 aliphatic carbocycles. The molecule has 164 valence electrons. The SMILES string of the molecule is O=c1cc(-c2ccc(O)c(O)c2)oc2cc(OC3OCC(O)(CO)C3O)c(O)c(O)c12. The molecule has 1 aliphatic heterocycles. The second kappa shape index (κ2) is 7.32. The lowest BCUT2D eigenvalue weighted by Crippen LogP contribution is -2.48. The van der Waals surface area contributed by atoms with Crippen molar-refractivity contribution in [2.24, 2.45) is 0 Å². The molecule has 2 aromatic carbocycles. The number of aliphatic hydroxyl groups is 3. The number of phenols is 4. The van der Waals surface area contributed by atoms with Gasteiger partial charge < -0.3 is 49.6 Å². The van der Waals surface area contributed by atoms with Gasteiger partial charge in [0.05, 0.1) is 13.2 Å². The Kier molecular flexibility index (Phi) is 4.90. The van der Waals surface area contributed by atoms with Gasteiger partial charge in [-0.1, -0.05) is 0 Å². The zero-order valence-corrected chi connectivity index (χ0v) is 15.7. The number of rotatable bonds is 4. The third-order valence-electron chi connectivity index (χ3n) is 5.01. The van der Waals surface area contributed by atoms with E-state index in [1.165, 1.54) is 12.1 Å². The molecular formula is C20H18O11. The van der Waals surface area contributed by atoms with E-state index in [2.05, 4.69) is 0 Å². The maximum absolute atomic E-state index is 12.5. The number of fused-ring (bicyclic) bond motifs is 1. The fourth-order valence-corrected chi connectivity index (χ4v) is 3.20. The van der Waals surface area contributed by atoms with Gasteiger partial charge in [-0.05, 0) is 18.2 Å². The molecule has 3 unspecified atom stereocenters. The predicted octanol–water partition coefficient (Wildman–Crippen LogP) is 0.102. The minimum Gasteiger partial charge on any atom is -0.504 e. The van der Waals surface area contributed by atoms with Gasteiger partial charge in [-0.2, -0.15) is 0 Å². The number of hydrogen-bond acceptors (Lipinski definition) is 11. The first-order chi connectivity index (χ1) is 14.6. The number of phenolic OH excluding ortho intramolecular Hbond substituents is 4. The van der Waals surface area contributed by atoms with E-state index in [4.69, 9.17) is 13.9 Å². The lowest BCUT2D eigenvalue weighted by atomic mass is 10.0. The number of aliphatic hydroxyl groups excluding tert-OH is 2. The summed E-state index contributed by atoms with van der Waals surface area (Å²) >= 11 is 0. The van der Waals surface area contributed by atoms with Crippen molar-refractivity contribution in [3.05, 3.63) is 40.6 Å². The van der Waals surface area contributed by atoms with Gasteiger partial charge in [0.25, 0.3) is 0 Å². The summed E-state index contributed by atoms with van der Waals surface area (Å²) in [5.74, 6) is -2.93. The highest BCUT2D eigenvalue weighted by atomic mass is 16.7. The van der Waals surface area contributed by atoms with Crippen molar-refractivity contribution < 1.29 is 49.6 Å². The molecule has 1 aliphatic rings. The second-order valence-electron chi connectivity index (χ2n) is 7.13. The Hall–Kier alpha value is -3.51. The summed E-state index contributed by atoms with van der Waals surface area (Å²) in [7, 11) is 0. The van der Waals surface area contributed by atoms with Crippen LogP contribution in [-0.2, 0) is 4.74 Å². The van der Waals surface area contributed by atoms with Gasteiger partial charge in [0.15, 0.2) is 28.4 Å². The molecule has 1 aromatic heterocycles. The van der Waals surface area contributed by atoms with Crippen LogP contribution in [0.5, 0.6) is 28.7 Å². The number of ether oxygens (including phenoxy) is 2. The van der Waals surface area contributed by atoms with Crippen molar-refractivity contribution in [3.8, 4) is 40.1 Å². The van der Waals surface area contributed by atoms with Crippen LogP contribution in [0.25, 0.3) is 22.3 Å². The van der Waals surface area contributed by atoms with Crippen LogP contribution in [0, 0.1) is 0 Å². The van der Waals surface area contributed by atoms with Gasteiger partial charge in [-0.3, -0.25) is 4.79 Å². The van der Waals surface area contributed by atoms with E-state index in [0.717, 1.165) is 18.2 Å². The van der Waals surface area contributed by atoms with E-state index < -0.39 is 59.6 Å². The van der Waals surface area contributed by atoms with Gasteiger partial charge in [0, 0.05) is 17.7 Å². The summed E-state index contributed by atoms with van der Waals surface area (Å²) in [4.78, 5) is 12.5. The molecule has 0 amide bonds. The molecule has 3 atom stereocenters. The average molecular weight is 434 g/mol. The van der Waals surface area contributed by atoms with E-state index in [-0.39, 0.29) is 28.0 Å². The minimum absolute atomic E-state index is 0.0179. The van der Waals surface area contributed by atoms with Crippen molar-refractivity contribution in [1.82, 2.24) is 0 Å². The molecule has 31 heavy (non-hydrogen) atoms. The molecule has 1 fully saturated rings. The Bertz CT molecular complexity index is 1220. The summed E-state index contributed by atoms with van der Waals surface area (Å²) in [6.45, 7) is -1.25. The van der Waals surface area contributed by atoms with E-state index in [0.29, 0.717) is 0 Å². The van der Waals surface area contributed by atoms with Crippen LogP contribution < -0.4 is 10.2 Å². The zero-order chi connectivity index (χ0) is 22.5. The second-order valence-corrected chi connectivity index (χ2v) is 7.13. The molecule has 0 saturated carbocycles. The molecule has 7 N–H and O–H groups in total. The third-order valence-corrected chi connectivity index (χ3v) is 5.01. The van der Waals surface area contributed by atoms with Gasteiger partial charge in [-0.15, -0.1) is 0 Å². The molecule has 1 saturated heterocycles. The normalized spacial score (nSPS) is 23.3. The monoisotopic (exact) mass is 434 g/mol. The van der Waals surface area contributed by atoms with Gasteiger partial charge >= 0.3 is 0 Å². The molecule has 0 bridgehead atoms. The molecule has 2 heterocycles. The lowest BCUT2D eigenvalue weighted by molar-refractivity contribution is -0.116. The van der Waals surface area contributed by atoms with Crippen molar-refractivity contribution >= 4 is 11.0 Å². The highest BCUT2D eigenvalue weighted by Gasteiger charge is 2.49. The first kappa shape index (κ1) is 20.8. The van der Waals surface area contributed by atoms with Gasteiger partial charge in [0.1, 0.15) is 28.4 Å². The largest absolute Gasteiger partial charge is 0.504 e. The highest BCUT2D eigenvalue weighted by molar-refractivity contribution is 5.89. The first-order valence-electron chi connectivity index (χ1n) is 8.99.